The minimum absolute atomic E-state index is 0.224. The highest BCUT2D eigenvalue weighted by atomic mass is 35.5. The van der Waals surface area contributed by atoms with Gasteiger partial charge in [-0.2, -0.15) is 5.10 Å². The van der Waals surface area contributed by atoms with E-state index in [9.17, 15) is 4.79 Å². The standard InChI is InChI=1S/C19H15Cl2N3O2/c20-14-5-6-16-13(9-14)10-17(26-16)19(25)23-18-7-8-22-24(18)11-12-3-1-2-4-15(12)21/h1-9,17H,10-11H2,(H,23,25)/t17-/m1/s1. The van der Waals surface area contributed by atoms with E-state index in [1.807, 2.05) is 30.3 Å². The van der Waals surface area contributed by atoms with Gasteiger partial charge in [-0.3, -0.25) is 4.79 Å². The van der Waals surface area contributed by atoms with Gasteiger partial charge in [0.05, 0.1) is 12.7 Å². The van der Waals surface area contributed by atoms with Gasteiger partial charge in [-0.25, -0.2) is 4.68 Å². The number of hydrogen-bond donors (Lipinski definition) is 1. The van der Waals surface area contributed by atoms with Gasteiger partial charge >= 0.3 is 0 Å². The van der Waals surface area contributed by atoms with Gasteiger partial charge in [-0.15, -0.1) is 0 Å². The molecule has 0 saturated heterocycles. The number of carbonyl (C=O) groups excluding carboxylic acids is 1. The molecule has 0 unspecified atom stereocenters. The van der Waals surface area contributed by atoms with E-state index in [2.05, 4.69) is 10.4 Å². The summed E-state index contributed by atoms with van der Waals surface area (Å²) in [5, 5.41) is 8.44. The van der Waals surface area contributed by atoms with Crippen LogP contribution in [0.25, 0.3) is 0 Å². The number of hydrogen-bond acceptors (Lipinski definition) is 3. The summed E-state index contributed by atoms with van der Waals surface area (Å²) in [6.45, 7) is 0.462. The Morgan fingerprint density at radius 1 is 1.23 bits per heavy atom. The Morgan fingerprint density at radius 3 is 2.92 bits per heavy atom. The molecule has 4 rings (SSSR count). The molecule has 0 saturated carbocycles. The Bertz CT molecular complexity index is 971. The van der Waals surface area contributed by atoms with Crippen molar-refractivity contribution in [1.29, 1.82) is 0 Å². The summed E-state index contributed by atoms with van der Waals surface area (Å²) in [6, 6.07) is 14.6. The molecule has 0 spiro atoms. The lowest BCUT2D eigenvalue weighted by atomic mass is 10.1. The number of benzene rings is 2. The summed E-state index contributed by atoms with van der Waals surface area (Å²) in [7, 11) is 0. The molecular weight excluding hydrogens is 373 g/mol. The zero-order valence-electron chi connectivity index (χ0n) is 13.7. The van der Waals surface area contributed by atoms with Crippen molar-refractivity contribution in [2.45, 2.75) is 19.1 Å². The van der Waals surface area contributed by atoms with E-state index in [0.29, 0.717) is 34.6 Å². The molecule has 26 heavy (non-hydrogen) atoms. The molecule has 3 aromatic rings. The molecule has 1 N–H and O–H groups in total. The van der Waals surface area contributed by atoms with Crippen molar-refractivity contribution in [2.75, 3.05) is 5.32 Å². The lowest BCUT2D eigenvalue weighted by molar-refractivity contribution is -0.122. The number of rotatable bonds is 4. The largest absolute Gasteiger partial charge is 0.480 e. The van der Waals surface area contributed by atoms with Crippen LogP contribution in [-0.4, -0.2) is 21.8 Å². The van der Waals surface area contributed by atoms with Crippen LogP contribution in [-0.2, 0) is 17.8 Å². The van der Waals surface area contributed by atoms with E-state index in [-0.39, 0.29) is 5.91 Å². The molecule has 2 heterocycles. The van der Waals surface area contributed by atoms with Crippen LogP contribution in [0.4, 0.5) is 5.82 Å². The highest BCUT2D eigenvalue weighted by molar-refractivity contribution is 6.31. The molecule has 0 bridgehead atoms. The van der Waals surface area contributed by atoms with Gasteiger partial charge in [0.2, 0.25) is 0 Å². The molecule has 0 aliphatic carbocycles. The summed E-state index contributed by atoms with van der Waals surface area (Å²) >= 11 is 12.2. The molecular formula is C19H15Cl2N3O2. The summed E-state index contributed by atoms with van der Waals surface area (Å²) < 4.78 is 7.42. The molecule has 2 aromatic carbocycles. The van der Waals surface area contributed by atoms with Crippen molar-refractivity contribution in [1.82, 2.24) is 9.78 Å². The summed E-state index contributed by atoms with van der Waals surface area (Å²) in [4.78, 5) is 12.6. The van der Waals surface area contributed by atoms with Crippen LogP contribution in [0, 0.1) is 0 Å². The van der Waals surface area contributed by atoms with Gasteiger partial charge in [0.25, 0.3) is 5.91 Å². The van der Waals surface area contributed by atoms with Crippen molar-refractivity contribution >= 4 is 34.9 Å². The van der Waals surface area contributed by atoms with E-state index in [1.54, 1.807) is 29.1 Å². The lowest BCUT2D eigenvalue weighted by Crippen LogP contribution is -2.32. The van der Waals surface area contributed by atoms with Crippen LogP contribution >= 0.6 is 23.2 Å². The third-order valence-electron chi connectivity index (χ3n) is 4.24. The van der Waals surface area contributed by atoms with Gasteiger partial charge < -0.3 is 10.1 Å². The number of amides is 1. The van der Waals surface area contributed by atoms with Crippen LogP contribution in [0.15, 0.2) is 54.7 Å². The number of anilines is 1. The number of halogens is 2. The van der Waals surface area contributed by atoms with E-state index >= 15 is 0 Å². The van der Waals surface area contributed by atoms with Crippen LogP contribution in [0.2, 0.25) is 10.0 Å². The highest BCUT2D eigenvalue weighted by Crippen LogP contribution is 2.31. The Balaban J connectivity index is 1.46. The maximum Gasteiger partial charge on any atom is 0.266 e. The maximum absolute atomic E-state index is 12.6. The number of nitrogens with zero attached hydrogens (tertiary/aromatic N) is 2. The molecule has 0 radical (unpaired) electrons. The summed E-state index contributed by atoms with van der Waals surface area (Å²) in [5.41, 5.74) is 1.86. The first-order valence-corrected chi connectivity index (χ1v) is 8.87. The van der Waals surface area contributed by atoms with Crippen molar-refractivity contribution in [3.63, 3.8) is 0 Å². The second-order valence-electron chi connectivity index (χ2n) is 6.02. The molecule has 1 aliphatic heterocycles. The van der Waals surface area contributed by atoms with Gasteiger partial charge in [0, 0.05) is 22.5 Å². The molecule has 1 amide bonds. The minimum atomic E-state index is -0.591. The average molecular weight is 388 g/mol. The van der Waals surface area contributed by atoms with E-state index in [4.69, 9.17) is 27.9 Å². The predicted molar refractivity (Wildman–Crippen MR) is 101 cm³/mol. The van der Waals surface area contributed by atoms with Crippen LogP contribution in [0.3, 0.4) is 0 Å². The molecule has 1 aliphatic rings. The second kappa shape index (κ2) is 7.02. The van der Waals surface area contributed by atoms with Crippen molar-refractivity contribution < 1.29 is 9.53 Å². The maximum atomic E-state index is 12.6. The fraction of sp³-hybridized carbons (Fsp3) is 0.158. The van der Waals surface area contributed by atoms with Gasteiger partial charge in [0.15, 0.2) is 6.10 Å². The first-order valence-electron chi connectivity index (χ1n) is 8.11. The molecule has 0 fully saturated rings. The first kappa shape index (κ1) is 16.9. The molecule has 7 heteroatoms. The Hall–Kier alpha value is -2.50. The first-order chi connectivity index (χ1) is 12.6. The number of nitrogens with one attached hydrogen (secondary N) is 1. The Kier molecular flexibility index (Phi) is 4.57. The fourth-order valence-electron chi connectivity index (χ4n) is 2.92. The number of aromatic nitrogens is 2. The summed E-state index contributed by atoms with van der Waals surface area (Å²) in [6.07, 6.45) is 1.53. The van der Waals surface area contributed by atoms with Gasteiger partial charge in [0.1, 0.15) is 11.6 Å². The van der Waals surface area contributed by atoms with Crippen molar-refractivity contribution in [3.05, 3.63) is 75.9 Å². The highest BCUT2D eigenvalue weighted by Gasteiger charge is 2.29. The molecule has 1 aromatic heterocycles. The zero-order valence-corrected chi connectivity index (χ0v) is 15.2. The quantitative estimate of drug-likeness (QED) is 0.730. The molecule has 1 atom stereocenters. The minimum Gasteiger partial charge on any atom is -0.480 e. The lowest BCUT2D eigenvalue weighted by Gasteiger charge is -2.13. The number of carbonyl (C=O) groups is 1. The normalized spacial score (nSPS) is 15.4. The molecule has 5 nitrogen and oxygen atoms in total. The fourth-order valence-corrected chi connectivity index (χ4v) is 3.31. The van der Waals surface area contributed by atoms with Crippen molar-refractivity contribution in [2.24, 2.45) is 0 Å². The SMILES string of the molecule is O=C(Nc1ccnn1Cc1ccccc1Cl)[C@H]1Cc2cc(Cl)ccc2O1. The smallest absolute Gasteiger partial charge is 0.266 e. The second-order valence-corrected chi connectivity index (χ2v) is 6.86. The monoisotopic (exact) mass is 387 g/mol. The zero-order chi connectivity index (χ0) is 18.1. The van der Waals surface area contributed by atoms with E-state index in [1.165, 1.54) is 0 Å². The van der Waals surface area contributed by atoms with Crippen LogP contribution < -0.4 is 10.1 Å². The predicted octanol–water partition coefficient (Wildman–Crippen LogP) is 4.18. The topological polar surface area (TPSA) is 56.2 Å². The third kappa shape index (κ3) is 3.41. The van der Waals surface area contributed by atoms with Gasteiger partial charge in [-0.05, 0) is 35.4 Å². The molecule has 132 valence electrons. The number of fused-ring (bicyclic) bond motifs is 1. The Labute approximate surface area is 160 Å². The Morgan fingerprint density at radius 2 is 2.08 bits per heavy atom. The van der Waals surface area contributed by atoms with Gasteiger partial charge in [-0.1, -0.05) is 41.4 Å². The van der Waals surface area contributed by atoms with Crippen LogP contribution in [0.1, 0.15) is 11.1 Å². The van der Waals surface area contributed by atoms with Crippen molar-refractivity contribution in [3.8, 4) is 5.75 Å². The van der Waals surface area contributed by atoms with Crippen LogP contribution in [0.5, 0.6) is 5.75 Å². The average Bonchev–Trinajstić information content (AvgIpc) is 3.23. The van der Waals surface area contributed by atoms with E-state index in [0.717, 1.165) is 11.1 Å². The third-order valence-corrected chi connectivity index (χ3v) is 4.84. The van der Waals surface area contributed by atoms with E-state index < -0.39 is 6.10 Å². The summed E-state index contributed by atoms with van der Waals surface area (Å²) in [5.74, 6) is 1.06. The number of ether oxygens (including phenoxy) is 1.